The average molecular weight is 232 g/mol. The summed E-state index contributed by atoms with van der Waals surface area (Å²) < 4.78 is 41.9. The van der Waals surface area contributed by atoms with E-state index < -0.39 is 11.9 Å². The summed E-state index contributed by atoms with van der Waals surface area (Å²) in [5.41, 5.74) is -0.994. The van der Waals surface area contributed by atoms with Crippen LogP contribution in [0.15, 0.2) is 12.4 Å². The zero-order chi connectivity index (χ0) is 11.6. The first-order valence-electron chi connectivity index (χ1n) is 5.11. The van der Waals surface area contributed by atoms with Gasteiger partial charge in [0.1, 0.15) is 6.10 Å². The van der Waals surface area contributed by atoms with Crippen molar-refractivity contribution in [2.75, 3.05) is 0 Å². The smallest absolute Gasteiger partial charge is 0.434 e. The van der Waals surface area contributed by atoms with Gasteiger partial charge in [-0.15, -0.1) is 0 Å². The molecule has 0 saturated heterocycles. The van der Waals surface area contributed by atoms with Crippen LogP contribution in [0.2, 0.25) is 0 Å². The molecule has 1 aliphatic rings. The van der Waals surface area contributed by atoms with E-state index in [-0.39, 0.29) is 12.0 Å². The number of hydrogen-bond acceptors (Lipinski definition) is 3. The maximum atomic E-state index is 12.2. The van der Waals surface area contributed by atoms with E-state index in [9.17, 15) is 13.2 Å². The molecule has 0 unspecified atom stereocenters. The molecule has 1 saturated carbocycles. The van der Waals surface area contributed by atoms with Crippen LogP contribution in [-0.2, 0) is 6.18 Å². The van der Waals surface area contributed by atoms with E-state index >= 15 is 0 Å². The van der Waals surface area contributed by atoms with Gasteiger partial charge in [0.2, 0.25) is 5.88 Å². The first-order valence-corrected chi connectivity index (χ1v) is 5.11. The van der Waals surface area contributed by atoms with Gasteiger partial charge in [-0.1, -0.05) is 0 Å². The van der Waals surface area contributed by atoms with Gasteiger partial charge in [-0.25, -0.2) is 9.97 Å². The van der Waals surface area contributed by atoms with Crippen molar-refractivity contribution in [1.29, 1.82) is 0 Å². The van der Waals surface area contributed by atoms with Gasteiger partial charge >= 0.3 is 6.18 Å². The second-order valence-electron chi connectivity index (χ2n) is 3.76. The molecule has 88 valence electrons. The van der Waals surface area contributed by atoms with Crippen LogP contribution in [0.25, 0.3) is 0 Å². The van der Waals surface area contributed by atoms with Crippen LogP contribution in [-0.4, -0.2) is 16.1 Å². The number of ether oxygens (including phenoxy) is 1. The van der Waals surface area contributed by atoms with E-state index in [1.165, 1.54) is 0 Å². The highest BCUT2D eigenvalue weighted by molar-refractivity contribution is 5.09. The van der Waals surface area contributed by atoms with Crippen LogP contribution in [0, 0.1) is 0 Å². The predicted molar refractivity (Wildman–Crippen MR) is 49.9 cm³/mol. The van der Waals surface area contributed by atoms with E-state index in [2.05, 4.69) is 9.97 Å². The number of halogens is 3. The molecule has 16 heavy (non-hydrogen) atoms. The van der Waals surface area contributed by atoms with Crippen LogP contribution in [0.1, 0.15) is 31.4 Å². The van der Waals surface area contributed by atoms with Crippen LogP contribution >= 0.6 is 0 Å². The number of alkyl halides is 3. The van der Waals surface area contributed by atoms with Gasteiger partial charge in [0.15, 0.2) is 5.69 Å². The summed E-state index contributed by atoms with van der Waals surface area (Å²) in [6.07, 6.45) is 1.42. The third-order valence-corrected chi connectivity index (χ3v) is 2.51. The minimum absolute atomic E-state index is 0.0750. The highest BCUT2D eigenvalue weighted by atomic mass is 19.4. The summed E-state index contributed by atoms with van der Waals surface area (Å²) in [5.74, 6) is 0.167. The molecule has 1 heterocycles. The summed E-state index contributed by atoms with van der Waals surface area (Å²) in [7, 11) is 0. The molecule has 0 aromatic carbocycles. The second-order valence-corrected chi connectivity index (χ2v) is 3.76. The summed E-state index contributed by atoms with van der Waals surface area (Å²) in [4.78, 5) is 6.88. The molecule has 0 N–H and O–H groups in total. The molecule has 1 aliphatic carbocycles. The van der Waals surface area contributed by atoms with E-state index in [1.807, 2.05) is 0 Å². The molecule has 2 rings (SSSR count). The minimum Gasteiger partial charge on any atom is -0.473 e. The van der Waals surface area contributed by atoms with Crippen molar-refractivity contribution in [3.63, 3.8) is 0 Å². The summed E-state index contributed by atoms with van der Waals surface area (Å²) >= 11 is 0. The molecule has 0 bridgehead atoms. The number of aromatic nitrogens is 2. The minimum atomic E-state index is -4.45. The number of rotatable bonds is 2. The van der Waals surface area contributed by atoms with Crippen LogP contribution < -0.4 is 4.74 Å². The Balaban J connectivity index is 2.01. The van der Waals surface area contributed by atoms with Gasteiger partial charge in [0.25, 0.3) is 0 Å². The first kappa shape index (κ1) is 11.2. The molecule has 1 aromatic rings. The van der Waals surface area contributed by atoms with Crippen molar-refractivity contribution in [3.05, 3.63) is 18.1 Å². The second kappa shape index (κ2) is 4.27. The van der Waals surface area contributed by atoms with Crippen LogP contribution in [0.5, 0.6) is 5.88 Å². The zero-order valence-corrected chi connectivity index (χ0v) is 8.50. The van der Waals surface area contributed by atoms with Crippen molar-refractivity contribution in [2.45, 2.75) is 38.0 Å². The third kappa shape index (κ3) is 2.62. The maximum absolute atomic E-state index is 12.2. The first-order chi connectivity index (χ1) is 7.55. The Morgan fingerprint density at radius 3 is 2.31 bits per heavy atom. The molecule has 0 aliphatic heterocycles. The molecule has 3 nitrogen and oxygen atoms in total. The van der Waals surface area contributed by atoms with Gasteiger partial charge in [-0.05, 0) is 25.7 Å². The van der Waals surface area contributed by atoms with Crippen molar-refractivity contribution in [2.24, 2.45) is 0 Å². The normalized spacial score (nSPS) is 17.7. The summed E-state index contributed by atoms with van der Waals surface area (Å²) in [6, 6.07) is 0. The summed E-state index contributed by atoms with van der Waals surface area (Å²) in [5, 5.41) is 0. The monoisotopic (exact) mass is 232 g/mol. The Morgan fingerprint density at radius 2 is 1.81 bits per heavy atom. The third-order valence-electron chi connectivity index (χ3n) is 2.51. The van der Waals surface area contributed by atoms with Crippen LogP contribution in [0.3, 0.4) is 0 Å². The van der Waals surface area contributed by atoms with Gasteiger partial charge in [-0.2, -0.15) is 13.2 Å². The van der Waals surface area contributed by atoms with E-state index in [0.717, 1.165) is 31.9 Å². The van der Waals surface area contributed by atoms with Crippen molar-refractivity contribution < 1.29 is 17.9 Å². The van der Waals surface area contributed by atoms with E-state index in [0.29, 0.717) is 6.20 Å². The fourth-order valence-corrected chi connectivity index (χ4v) is 1.70. The molecule has 1 fully saturated rings. The van der Waals surface area contributed by atoms with Crippen molar-refractivity contribution in [1.82, 2.24) is 9.97 Å². The Labute approximate surface area is 90.7 Å². The van der Waals surface area contributed by atoms with Crippen LogP contribution in [0.4, 0.5) is 13.2 Å². The quantitative estimate of drug-likeness (QED) is 0.786. The number of hydrogen-bond donors (Lipinski definition) is 0. The van der Waals surface area contributed by atoms with Crippen molar-refractivity contribution in [3.8, 4) is 5.88 Å². The summed E-state index contributed by atoms with van der Waals surface area (Å²) in [6.45, 7) is 0. The molecule has 1 aromatic heterocycles. The Kier molecular flexibility index (Phi) is 2.98. The topological polar surface area (TPSA) is 35.0 Å². The molecular formula is C10H11F3N2O. The lowest BCUT2D eigenvalue weighted by molar-refractivity contribution is -0.141. The average Bonchev–Trinajstić information content (AvgIpc) is 2.70. The fourth-order valence-electron chi connectivity index (χ4n) is 1.70. The fraction of sp³-hybridized carbons (Fsp3) is 0.600. The Bertz CT molecular complexity index is 344. The van der Waals surface area contributed by atoms with Gasteiger partial charge in [0.05, 0.1) is 12.4 Å². The van der Waals surface area contributed by atoms with Gasteiger partial charge in [0, 0.05) is 0 Å². The number of nitrogens with zero attached hydrogens (tertiary/aromatic N) is 2. The molecule has 0 atom stereocenters. The van der Waals surface area contributed by atoms with Gasteiger partial charge < -0.3 is 4.74 Å². The molecule has 0 radical (unpaired) electrons. The lowest BCUT2D eigenvalue weighted by Crippen LogP contribution is -2.13. The van der Waals surface area contributed by atoms with E-state index in [4.69, 9.17) is 4.74 Å². The lowest BCUT2D eigenvalue weighted by Gasteiger charge is -2.12. The molecule has 0 amide bonds. The molecule has 6 heteroatoms. The Morgan fingerprint density at radius 1 is 1.12 bits per heavy atom. The maximum Gasteiger partial charge on any atom is 0.434 e. The highest BCUT2D eigenvalue weighted by Gasteiger charge is 2.33. The lowest BCUT2D eigenvalue weighted by atomic mass is 10.3. The van der Waals surface area contributed by atoms with E-state index in [1.54, 1.807) is 0 Å². The molecule has 0 spiro atoms. The highest BCUT2D eigenvalue weighted by Crippen LogP contribution is 2.28. The predicted octanol–water partition coefficient (Wildman–Crippen LogP) is 2.82. The zero-order valence-electron chi connectivity index (χ0n) is 8.50. The SMILES string of the molecule is FC(F)(F)c1cnc(OC2CCCC2)cn1. The van der Waals surface area contributed by atoms with Gasteiger partial charge in [-0.3, -0.25) is 0 Å². The Hall–Kier alpha value is -1.33. The largest absolute Gasteiger partial charge is 0.473 e. The standard InChI is InChI=1S/C10H11F3N2O/c11-10(12,13)8-5-15-9(6-14-8)16-7-3-1-2-4-7/h5-7H,1-4H2. The molecular weight excluding hydrogens is 221 g/mol. The van der Waals surface area contributed by atoms with Crippen molar-refractivity contribution >= 4 is 0 Å².